The molecule has 1 unspecified atom stereocenters. The highest BCUT2D eigenvalue weighted by Gasteiger charge is 2.09. The van der Waals surface area contributed by atoms with Crippen LogP contribution in [0.25, 0.3) is 0 Å². The summed E-state index contributed by atoms with van der Waals surface area (Å²) in [6.45, 7) is 4.77. The minimum absolute atomic E-state index is 0.143. The molecule has 0 fully saturated rings. The molecule has 0 radical (unpaired) electrons. The molecule has 1 aromatic heterocycles. The van der Waals surface area contributed by atoms with Gasteiger partial charge in [-0.1, -0.05) is 12.1 Å². The average Bonchev–Trinajstić information content (AvgIpc) is 2.46. The number of hydrogen-bond acceptors (Lipinski definition) is 4. The molecule has 0 aliphatic carbocycles. The first-order valence-corrected chi connectivity index (χ1v) is 6.20. The number of nitrogens with zero attached hydrogens (tertiary/aromatic N) is 3. The lowest BCUT2D eigenvalue weighted by Gasteiger charge is -2.14. The number of nitriles is 1. The molecule has 19 heavy (non-hydrogen) atoms. The molecule has 96 valence electrons. The number of aryl methyl sites for hydroxylation is 1. The van der Waals surface area contributed by atoms with Gasteiger partial charge in [0.1, 0.15) is 0 Å². The van der Waals surface area contributed by atoms with E-state index in [4.69, 9.17) is 5.26 Å². The fourth-order valence-electron chi connectivity index (χ4n) is 1.91. The summed E-state index contributed by atoms with van der Waals surface area (Å²) >= 11 is 0. The van der Waals surface area contributed by atoms with E-state index in [0.717, 1.165) is 23.5 Å². The fourth-order valence-corrected chi connectivity index (χ4v) is 1.91. The second-order valence-corrected chi connectivity index (χ2v) is 4.44. The molecule has 0 saturated carbocycles. The van der Waals surface area contributed by atoms with Crippen LogP contribution in [0.2, 0.25) is 0 Å². The number of aromatic nitrogens is 2. The quantitative estimate of drug-likeness (QED) is 0.908. The van der Waals surface area contributed by atoms with E-state index in [1.807, 2.05) is 31.2 Å². The first kappa shape index (κ1) is 13.2. The van der Waals surface area contributed by atoms with Crippen molar-refractivity contribution in [1.82, 2.24) is 15.3 Å². The zero-order valence-electron chi connectivity index (χ0n) is 11.1. The van der Waals surface area contributed by atoms with Crippen molar-refractivity contribution in [2.24, 2.45) is 0 Å². The van der Waals surface area contributed by atoms with E-state index in [9.17, 15) is 0 Å². The van der Waals surface area contributed by atoms with Crippen LogP contribution in [0.3, 0.4) is 0 Å². The van der Waals surface area contributed by atoms with Gasteiger partial charge in [-0.2, -0.15) is 5.26 Å². The summed E-state index contributed by atoms with van der Waals surface area (Å²) in [7, 11) is 0. The lowest BCUT2D eigenvalue weighted by atomic mass is 10.1. The summed E-state index contributed by atoms with van der Waals surface area (Å²) in [6.07, 6.45) is 3.41. The van der Waals surface area contributed by atoms with Gasteiger partial charge in [0, 0.05) is 25.0 Å². The van der Waals surface area contributed by atoms with Crippen molar-refractivity contribution in [2.75, 3.05) is 0 Å². The Morgan fingerprint density at radius 3 is 2.53 bits per heavy atom. The number of nitrogens with one attached hydrogen (secondary N) is 1. The smallest absolute Gasteiger partial charge is 0.0991 e. The van der Waals surface area contributed by atoms with Gasteiger partial charge in [0.2, 0.25) is 0 Å². The van der Waals surface area contributed by atoms with Crippen molar-refractivity contribution in [3.63, 3.8) is 0 Å². The van der Waals surface area contributed by atoms with Gasteiger partial charge in [-0.15, -0.1) is 0 Å². The van der Waals surface area contributed by atoms with Crippen molar-refractivity contribution in [3.8, 4) is 6.07 Å². The van der Waals surface area contributed by atoms with E-state index in [2.05, 4.69) is 28.3 Å². The number of rotatable bonds is 4. The summed E-state index contributed by atoms with van der Waals surface area (Å²) in [6, 6.07) is 9.83. The van der Waals surface area contributed by atoms with Crippen LogP contribution < -0.4 is 5.32 Å². The fraction of sp³-hybridized carbons (Fsp3) is 0.267. The second kappa shape index (κ2) is 6.07. The molecule has 2 aromatic rings. The monoisotopic (exact) mass is 252 g/mol. The molecule has 1 N–H and O–H groups in total. The lowest BCUT2D eigenvalue weighted by Crippen LogP contribution is -2.20. The Labute approximate surface area is 113 Å². The van der Waals surface area contributed by atoms with Gasteiger partial charge in [-0.25, -0.2) is 0 Å². The molecular formula is C15H16N4. The van der Waals surface area contributed by atoms with Crippen molar-refractivity contribution in [2.45, 2.75) is 26.4 Å². The molecule has 1 heterocycles. The summed E-state index contributed by atoms with van der Waals surface area (Å²) in [5.41, 5.74) is 3.74. The van der Waals surface area contributed by atoms with Crippen LogP contribution in [-0.2, 0) is 6.54 Å². The zero-order valence-corrected chi connectivity index (χ0v) is 11.1. The molecule has 0 bridgehead atoms. The van der Waals surface area contributed by atoms with E-state index < -0.39 is 0 Å². The minimum atomic E-state index is 0.143. The zero-order chi connectivity index (χ0) is 13.7. The third-order valence-corrected chi connectivity index (χ3v) is 3.02. The Balaban J connectivity index is 1.98. The van der Waals surface area contributed by atoms with Crippen LogP contribution in [0.15, 0.2) is 36.7 Å². The molecule has 4 nitrogen and oxygen atoms in total. The van der Waals surface area contributed by atoms with Gasteiger partial charge >= 0.3 is 0 Å². The predicted molar refractivity (Wildman–Crippen MR) is 73.2 cm³/mol. The standard InChI is InChI=1S/C15H16N4/c1-11-15(18-8-7-17-11)12(2)19-10-14-5-3-13(9-16)4-6-14/h3-8,12,19H,10H2,1-2H3. The largest absolute Gasteiger partial charge is 0.305 e. The van der Waals surface area contributed by atoms with Gasteiger partial charge in [0.25, 0.3) is 0 Å². The maximum atomic E-state index is 8.74. The molecule has 0 spiro atoms. The minimum Gasteiger partial charge on any atom is -0.305 e. The third-order valence-electron chi connectivity index (χ3n) is 3.02. The molecule has 4 heteroatoms. The maximum Gasteiger partial charge on any atom is 0.0991 e. The van der Waals surface area contributed by atoms with Gasteiger partial charge in [0.15, 0.2) is 0 Å². The Kier molecular flexibility index (Phi) is 4.22. The lowest BCUT2D eigenvalue weighted by molar-refractivity contribution is 0.555. The van der Waals surface area contributed by atoms with Crippen LogP contribution in [0.1, 0.15) is 35.5 Å². The van der Waals surface area contributed by atoms with E-state index >= 15 is 0 Å². The summed E-state index contributed by atoms with van der Waals surface area (Å²) in [4.78, 5) is 8.59. The van der Waals surface area contributed by atoms with Gasteiger partial charge in [-0.05, 0) is 31.5 Å². The molecule has 0 aliphatic rings. The average molecular weight is 252 g/mol. The number of benzene rings is 1. The molecule has 0 aliphatic heterocycles. The van der Waals surface area contributed by atoms with E-state index in [1.54, 1.807) is 12.4 Å². The van der Waals surface area contributed by atoms with E-state index in [-0.39, 0.29) is 6.04 Å². The van der Waals surface area contributed by atoms with Gasteiger partial charge in [-0.3, -0.25) is 9.97 Å². The van der Waals surface area contributed by atoms with Gasteiger partial charge < -0.3 is 5.32 Å². The van der Waals surface area contributed by atoms with Crippen molar-refractivity contribution in [1.29, 1.82) is 5.26 Å². The summed E-state index contributed by atoms with van der Waals surface area (Å²) in [5.74, 6) is 0. The molecule has 1 aromatic carbocycles. The van der Waals surface area contributed by atoms with Crippen LogP contribution in [-0.4, -0.2) is 9.97 Å². The SMILES string of the molecule is Cc1nccnc1C(C)NCc1ccc(C#N)cc1. The van der Waals surface area contributed by atoms with Crippen LogP contribution in [0, 0.1) is 18.3 Å². The molecule has 2 rings (SSSR count). The van der Waals surface area contributed by atoms with E-state index in [0.29, 0.717) is 5.56 Å². The highest BCUT2D eigenvalue weighted by Crippen LogP contribution is 2.13. The molecule has 0 amide bonds. The first-order valence-electron chi connectivity index (χ1n) is 6.20. The first-order chi connectivity index (χ1) is 9.20. The normalized spacial score (nSPS) is 11.8. The highest BCUT2D eigenvalue weighted by atomic mass is 14.9. The molecular weight excluding hydrogens is 236 g/mol. The number of hydrogen-bond donors (Lipinski definition) is 1. The second-order valence-electron chi connectivity index (χ2n) is 4.44. The van der Waals surface area contributed by atoms with Crippen molar-refractivity contribution in [3.05, 3.63) is 59.2 Å². The third kappa shape index (κ3) is 3.36. The maximum absolute atomic E-state index is 8.74. The molecule has 0 saturated heterocycles. The molecule has 1 atom stereocenters. The van der Waals surface area contributed by atoms with Crippen LogP contribution in [0.5, 0.6) is 0 Å². The Bertz CT molecular complexity index is 584. The van der Waals surface area contributed by atoms with E-state index in [1.165, 1.54) is 0 Å². The summed E-state index contributed by atoms with van der Waals surface area (Å²) < 4.78 is 0. The van der Waals surface area contributed by atoms with Crippen molar-refractivity contribution < 1.29 is 0 Å². The van der Waals surface area contributed by atoms with Crippen molar-refractivity contribution >= 4 is 0 Å². The Hall–Kier alpha value is -2.25. The highest BCUT2D eigenvalue weighted by molar-refractivity contribution is 5.31. The van der Waals surface area contributed by atoms with Gasteiger partial charge in [0.05, 0.1) is 23.0 Å². The predicted octanol–water partition coefficient (Wildman–Crippen LogP) is 2.51. The van der Waals surface area contributed by atoms with Crippen LogP contribution >= 0.6 is 0 Å². The Morgan fingerprint density at radius 2 is 1.89 bits per heavy atom. The topological polar surface area (TPSA) is 61.6 Å². The summed E-state index contributed by atoms with van der Waals surface area (Å²) in [5, 5.41) is 12.2. The Morgan fingerprint density at radius 1 is 1.21 bits per heavy atom. The van der Waals surface area contributed by atoms with Crippen LogP contribution in [0.4, 0.5) is 0 Å².